The quantitative estimate of drug-likeness (QED) is 0.466. The summed E-state index contributed by atoms with van der Waals surface area (Å²) in [5, 5.41) is 8.55. The van der Waals surface area contributed by atoms with E-state index < -0.39 is 0 Å². The predicted molar refractivity (Wildman–Crippen MR) is 129 cm³/mol. The summed E-state index contributed by atoms with van der Waals surface area (Å²) < 4.78 is 13.1. The first-order valence-corrected chi connectivity index (χ1v) is 11.1. The topological polar surface area (TPSA) is 82.6 Å². The van der Waals surface area contributed by atoms with Crippen LogP contribution in [-0.2, 0) is 14.1 Å². The largest absolute Gasteiger partial charge is 0.329 e. The zero-order chi connectivity index (χ0) is 23.2. The summed E-state index contributed by atoms with van der Waals surface area (Å²) in [6.45, 7) is 1.72. The Labute approximate surface area is 191 Å². The van der Waals surface area contributed by atoms with E-state index >= 15 is 0 Å². The fraction of sp³-hybridized carbons (Fsp3) is 0.280. The van der Waals surface area contributed by atoms with Crippen molar-refractivity contribution >= 4 is 21.9 Å². The number of aromatic nitrogens is 6. The molecule has 5 heterocycles. The van der Waals surface area contributed by atoms with Gasteiger partial charge in [0.15, 0.2) is 0 Å². The van der Waals surface area contributed by atoms with Gasteiger partial charge in [-0.1, -0.05) is 12.1 Å². The highest BCUT2D eigenvalue weighted by Crippen LogP contribution is 2.31. The van der Waals surface area contributed by atoms with Crippen LogP contribution in [0, 0.1) is 0 Å². The zero-order valence-electron chi connectivity index (χ0n) is 19.4. The third-order valence-corrected chi connectivity index (χ3v) is 6.52. The Hall–Kier alpha value is -3.78. The maximum Gasteiger partial charge on any atom is 0.329 e. The van der Waals surface area contributed by atoms with Crippen molar-refractivity contribution in [1.82, 2.24) is 34.2 Å². The van der Waals surface area contributed by atoms with E-state index in [1.54, 1.807) is 17.1 Å². The van der Waals surface area contributed by atoms with Crippen LogP contribution in [0.3, 0.4) is 0 Å². The van der Waals surface area contributed by atoms with E-state index in [0.29, 0.717) is 5.52 Å². The Morgan fingerprint density at radius 3 is 2.73 bits per heavy atom. The average Bonchev–Trinajstić information content (AvgIpc) is 3.44. The Morgan fingerprint density at radius 2 is 2.00 bits per heavy atom. The van der Waals surface area contributed by atoms with Gasteiger partial charge in [0.2, 0.25) is 0 Å². The second-order valence-corrected chi connectivity index (χ2v) is 8.64. The van der Waals surface area contributed by atoms with Crippen LogP contribution in [0.1, 0.15) is 20.3 Å². The number of rotatable bonds is 3. The molecule has 0 bridgehead atoms. The number of benzene rings is 1. The summed E-state index contributed by atoms with van der Waals surface area (Å²) in [4.78, 5) is 22.6. The van der Waals surface area contributed by atoms with E-state index in [0.717, 1.165) is 64.7 Å². The van der Waals surface area contributed by atoms with E-state index in [9.17, 15) is 4.79 Å². The molecule has 6 rings (SSSR count). The van der Waals surface area contributed by atoms with Crippen LogP contribution in [0.4, 0.5) is 0 Å². The highest BCUT2D eigenvalue weighted by molar-refractivity contribution is 6.04. The third kappa shape index (κ3) is 3.25. The van der Waals surface area contributed by atoms with Crippen LogP contribution < -0.4 is 11.0 Å². The fourth-order valence-corrected chi connectivity index (χ4v) is 4.81. The number of nitrogens with one attached hydrogen (secondary N) is 1. The molecule has 5 aromatic rings. The number of aryl methyl sites for hydroxylation is 2. The van der Waals surface area contributed by atoms with Crippen molar-refractivity contribution in [3.63, 3.8) is 0 Å². The van der Waals surface area contributed by atoms with E-state index in [1.165, 1.54) is 4.57 Å². The van der Waals surface area contributed by atoms with Gasteiger partial charge >= 0.3 is 5.69 Å². The summed E-state index contributed by atoms with van der Waals surface area (Å²) in [5.41, 5.74) is 6.09. The molecular weight excluding hydrogens is 414 g/mol. The molecule has 0 radical (unpaired) electrons. The lowest BCUT2D eigenvalue weighted by atomic mass is 10.0. The van der Waals surface area contributed by atoms with E-state index in [2.05, 4.69) is 32.5 Å². The lowest BCUT2D eigenvalue weighted by molar-refractivity contribution is 0.369. The standard InChI is InChI=1S/C25H25N7O/c1-30-15-18(12-29-30)21-7-6-17(11-27-21)16-5-8-22-20(10-16)24-23(14-28-22)31(2)25(33)32(24)19-4-3-9-26-13-19/h5-8,10-12,14-15,19,26H,3-4,9,13H2,1-2H3/i2D. The van der Waals surface area contributed by atoms with Gasteiger partial charge in [0.1, 0.15) is 0 Å². The third-order valence-electron chi connectivity index (χ3n) is 6.52. The highest BCUT2D eigenvalue weighted by Gasteiger charge is 2.23. The molecule has 0 spiro atoms. The summed E-state index contributed by atoms with van der Waals surface area (Å²) in [6, 6.07) is 10.2. The average molecular weight is 441 g/mol. The lowest BCUT2D eigenvalue weighted by Crippen LogP contribution is -2.36. The first-order chi connectivity index (χ1) is 16.6. The van der Waals surface area contributed by atoms with Gasteiger partial charge in [0.05, 0.1) is 40.7 Å². The molecule has 1 atom stereocenters. The van der Waals surface area contributed by atoms with Gasteiger partial charge in [-0.05, 0) is 43.1 Å². The number of piperidine rings is 1. The van der Waals surface area contributed by atoms with E-state index in [1.807, 2.05) is 42.2 Å². The summed E-state index contributed by atoms with van der Waals surface area (Å²) in [7, 11) is 1.76. The number of nitrogens with zero attached hydrogens (tertiary/aromatic N) is 6. The molecular formula is C25H25N7O. The smallest absolute Gasteiger partial charge is 0.315 e. The minimum atomic E-state index is -0.138. The monoisotopic (exact) mass is 440 g/mol. The molecule has 166 valence electrons. The summed E-state index contributed by atoms with van der Waals surface area (Å²) >= 11 is 0. The number of hydrogen-bond donors (Lipinski definition) is 1. The molecule has 4 aromatic heterocycles. The molecule has 8 heteroatoms. The molecule has 0 aliphatic carbocycles. The van der Waals surface area contributed by atoms with Gasteiger partial charge in [-0.15, -0.1) is 0 Å². The normalized spacial score (nSPS) is 17.0. The van der Waals surface area contributed by atoms with E-state index in [-0.39, 0.29) is 18.8 Å². The van der Waals surface area contributed by atoms with Crippen molar-refractivity contribution in [2.24, 2.45) is 14.1 Å². The minimum absolute atomic E-state index is 0.0613. The van der Waals surface area contributed by atoms with Crippen LogP contribution in [0.25, 0.3) is 44.3 Å². The van der Waals surface area contributed by atoms with Crippen LogP contribution >= 0.6 is 0 Å². The number of hydrogen-bond acceptors (Lipinski definition) is 5. The zero-order valence-corrected chi connectivity index (χ0v) is 18.4. The Bertz CT molecular complexity index is 1560. The van der Waals surface area contributed by atoms with Gasteiger partial charge in [-0.25, -0.2) is 4.79 Å². The maximum atomic E-state index is 13.3. The second-order valence-electron chi connectivity index (χ2n) is 8.64. The van der Waals surface area contributed by atoms with E-state index in [4.69, 9.17) is 1.37 Å². The first-order valence-electron chi connectivity index (χ1n) is 11.8. The van der Waals surface area contributed by atoms with Crippen LogP contribution in [0.2, 0.25) is 0 Å². The van der Waals surface area contributed by atoms with Crippen LogP contribution in [0.15, 0.2) is 59.9 Å². The number of fused-ring (bicyclic) bond motifs is 3. The van der Waals surface area contributed by atoms with Crippen LogP contribution in [0.5, 0.6) is 0 Å². The second kappa shape index (κ2) is 7.67. The van der Waals surface area contributed by atoms with Crippen molar-refractivity contribution in [3.8, 4) is 22.4 Å². The molecule has 0 saturated carbocycles. The number of imidazole rings is 1. The van der Waals surface area contributed by atoms with Gasteiger partial charge in [0, 0.05) is 50.9 Å². The fourth-order valence-electron chi connectivity index (χ4n) is 4.81. The molecule has 1 aliphatic rings. The van der Waals surface area contributed by atoms with Crippen LogP contribution in [-0.4, -0.2) is 42.0 Å². The van der Waals surface area contributed by atoms with Crippen molar-refractivity contribution < 1.29 is 1.37 Å². The van der Waals surface area contributed by atoms with Crippen molar-refractivity contribution in [3.05, 3.63) is 65.6 Å². The van der Waals surface area contributed by atoms with Crippen molar-refractivity contribution in [2.45, 2.75) is 18.9 Å². The number of pyridine rings is 2. The highest BCUT2D eigenvalue weighted by atomic mass is 16.1. The minimum Gasteiger partial charge on any atom is -0.315 e. The van der Waals surface area contributed by atoms with Gasteiger partial charge < -0.3 is 5.32 Å². The Morgan fingerprint density at radius 1 is 1.09 bits per heavy atom. The van der Waals surface area contributed by atoms with Crippen molar-refractivity contribution in [1.29, 1.82) is 0 Å². The van der Waals surface area contributed by atoms with Gasteiger partial charge in [-0.3, -0.25) is 23.8 Å². The molecule has 1 N–H and O–H groups in total. The molecule has 1 saturated heterocycles. The van der Waals surface area contributed by atoms with Gasteiger partial charge in [-0.2, -0.15) is 5.10 Å². The Kier molecular flexibility index (Phi) is 4.36. The summed E-state index contributed by atoms with van der Waals surface area (Å²) in [6.07, 6.45) is 9.29. The Balaban J connectivity index is 1.51. The van der Waals surface area contributed by atoms with Gasteiger partial charge in [0.25, 0.3) is 0 Å². The maximum absolute atomic E-state index is 13.3. The molecule has 0 amide bonds. The first kappa shape index (κ1) is 18.8. The van der Waals surface area contributed by atoms with Crippen molar-refractivity contribution in [2.75, 3.05) is 13.1 Å². The molecule has 1 aliphatic heterocycles. The predicted octanol–water partition coefficient (Wildman–Crippen LogP) is 3.28. The SMILES string of the molecule is [2H]Cn1c(=O)n(C2CCCNC2)c2c3cc(-c4ccc(-c5cnn(C)c5)nc4)ccc3ncc21. The summed E-state index contributed by atoms with van der Waals surface area (Å²) in [5.74, 6) is 0. The lowest BCUT2D eigenvalue weighted by Gasteiger charge is -2.24. The molecule has 1 fully saturated rings. The molecule has 33 heavy (non-hydrogen) atoms. The molecule has 8 nitrogen and oxygen atoms in total. The molecule has 1 aromatic carbocycles. The molecule has 1 unspecified atom stereocenters.